The van der Waals surface area contributed by atoms with Crippen LogP contribution >= 0.6 is 0 Å². The molecule has 1 aliphatic heterocycles. The molecule has 0 N–H and O–H groups in total. The number of nitrogens with zero attached hydrogens (tertiary/aromatic N) is 1. The van der Waals surface area contributed by atoms with Gasteiger partial charge in [0, 0.05) is 23.0 Å². The van der Waals surface area contributed by atoms with Crippen LogP contribution in [0.4, 0.5) is 4.39 Å². The van der Waals surface area contributed by atoms with Gasteiger partial charge in [0.1, 0.15) is 11.6 Å². The van der Waals surface area contributed by atoms with Gasteiger partial charge in [0.05, 0.1) is 26.4 Å². The average molecular weight is 339 g/mol. The zero-order valence-corrected chi connectivity index (χ0v) is 13.0. The first-order valence-electron chi connectivity index (χ1n) is 6.86. The van der Waals surface area contributed by atoms with E-state index >= 15 is 0 Å². The lowest BCUT2D eigenvalue weighted by atomic mass is 9.96. The Bertz CT molecular complexity index is 724. The number of nitro groups is 1. The van der Waals surface area contributed by atoms with Crippen molar-refractivity contribution in [3.8, 4) is 5.75 Å². The van der Waals surface area contributed by atoms with Crippen LogP contribution in [-0.4, -0.2) is 44.2 Å². The maximum atomic E-state index is 14.4. The maximum Gasteiger partial charge on any atom is 0.345 e. The Hall–Kier alpha value is -2.97. The van der Waals surface area contributed by atoms with E-state index in [1.807, 2.05) is 0 Å². The van der Waals surface area contributed by atoms with Crippen molar-refractivity contribution >= 4 is 17.5 Å². The van der Waals surface area contributed by atoms with E-state index in [-0.39, 0.29) is 5.56 Å². The summed E-state index contributed by atoms with van der Waals surface area (Å²) in [6.45, 7) is -0.594. The number of fused-ring (bicyclic) bond motifs is 1. The molecular formula is C15H14FNO7. The summed E-state index contributed by atoms with van der Waals surface area (Å²) < 4.78 is 28.6. The first-order chi connectivity index (χ1) is 11.4. The largest absolute Gasteiger partial charge is 0.493 e. The molecule has 0 aromatic heterocycles. The predicted molar refractivity (Wildman–Crippen MR) is 78.4 cm³/mol. The lowest BCUT2D eigenvalue weighted by Gasteiger charge is -2.12. The van der Waals surface area contributed by atoms with Crippen molar-refractivity contribution in [2.24, 2.45) is 0 Å². The standard InChI is InChI=1S/C15H14FNO7/c1-22-14(18)13(15(19)23-2)10(7-17(20)21)9-5-8-3-4-24-12(8)6-11(9)16/h5-6H,3-4,7H2,1-2H3. The quantitative estimate of drug-likeness (QED) is 0.198. The summed E-state index contributed by atoms with van der Waals surface area (Å²) >= 11 is 0. The maximum absolute atomic E-state index is 14.4. The SMILES string of the molecule is COC(=O)C(C(=O)OC)=C(C[N+](=O)[O-])c1cc2c(cc1F)OCC2. The molecule has 0 radical (unpaired) electrons. The topological polar surface area (TPSA) is 105 Å². The van der Waals surface area contributed by atoms with Gasteiger partial charge < -0.3 is 14.2 Å². The molecule has 2 rings (SSSR count). The number of hydrogen-bond donors (Lipinski definition) is 0. The van der Waals surface area contributed by atoms with Gasteiger partial charge >= 0.3 is 11.9 Å². The van der Waals surface area contributed by atoms with Crippen LogP contribution in [0.5, 0.6) is 5.75 Å². The number of carbonyl (C=O) groups excluding carboxylic acids is 2. The molecule has 1 aromatic rings. The third kappa shape index (κ3) is 3.34. The zero-order valence-electron chi connectivity index (χ0n) is 13.0. The lowest BCUT2D eigenvalue weighted by Crippen LogP contribution is -2.21. The fraction of sp³-hybridized carbons (Fsp3) is 0.333. The van der Waals surface area contributed by atoms with Gasteiger partial charge in [0.25, 0.3) is 0 Å². The van der Waals surface area contributed by atoms with Crippen molar-refractivity contribution < 1.29 is 33.1 Å². The average Bonchev–Trinajstić information content (AvgIpc) is 2.99. The Labute approximate surface area is 136 Å². The first-order valence-corrected chi connectivity index (χ1v) is 6.86. The van der Waals surface area contributed by atoms with E-state index in [1.165, 1.54) is 6.07 Å². The number of methoxy groups -OCH3 is 2. The molecule has 8 nitrogen and oxygen atoms in total. The first kappa shape index (κ1) is 17.4. The van der Waals surface area contributed by atoms with Crippen LogP contribution in [0.1, 0.15) is 11.1 Å². The smallest absolute Gasteiger partial charge is 0.345 e. The van der Waals surface area contributed by atoms with Gasteiger partial charge in [-0.1, -0.05) is 0 Å². The minimum atomic E-state index is -1.14. The summed E-state index contributed by atoms with van der Waals surface area (Å²) in [4.78, 5) is 34.0. The summed E-state index contributed by atoms with van der Waals surface area (Å²) in [6, 6.07) is 2.41. The number of hydrogen-bond acceptors (Lipinski definition) is 7. The number of rotatable bonds is 5. The van der Waals surface area contributed by atoms with E-state index in [4.69, 9.17) is 4.74 Å². The molecule has 0 amide bonds. The summed E-state index contributed by atoms with van der Waals surface area (Å²) in [5, 5.41) is 11.0. The van der Waals surface area contributed by atoms with Crippen LogP contribution in [0.15, 0.2) is 17.7 Å². The second kappa shape index (κ2) is 7.07. The number of ether oxygens (including phenoxy) is 3. The van der Waals surface area contributed by atoms with E-state index in [9.17, 15) is 24.1 Å². The summed E-state index contributed by atoms with van der Waals surface area (Å²) in [7, 11) is 2.00. The molecule has 0 saturated heterocycles. The highest BCUT2D eigenvalue weighted by atomic mass is 19.1. The molecule has 0 atom stereocenters. The minimum absolute atomic E-state index is 0.234. The number of benzene rings is 1. The Morgan fingerprint density at radius 1 is 1.29 bits per heavy atom. The van der Waals surface area contributed by atoms with Gasteiger partial charge in [-0.2, -0.15) is 0 Å². The van der Waals surface area contributed by atoms with Crippen molar-refractivity contribution in [3.05, 3.63) is 44.8 Å². The van der Waals surface area contributed by atoms with Crippen LogP contribution in [0, 0.1) is 15.9 Å². The van der Waals surface area contributed by atoms with Gasteiger partial charge in [-0.25, -0.2) is 14.0 Å². The van der Waals surface area contributed by atoms with E-state index in [0.717, 1.165) is 20.3 Å². The molecule has 0 bridgehead atoms. The monoisotopic (exact) mass is 339 g/mol. The van der Waals surface area contributed by atoms with Gasteiger partial charge in [-0.05, 0) is 11.6 Å². The van der Waals surface area contributed by atoms with Gasteiger partial charge in [0.2, 0.25) is 6.54 Å². The number of halogens is 1. The molecule has 128 valence electrons. The Morgan fingerprint density at radius 3 is 2.46 bits per heavy atom. The van der Waals surface area contributed by atoms with Crippen LogP contribution in [0.2, 0.25) is 0 Å². The highest BCUT2D eigenvalue weighted by molar-refractivity contribution is 6.20. The predicted octanol–water partition coefficient (Wildman–Crippen LogP) is 1.14. The molecule has 1 aromatic carbocycles. The molecule has 0 spiro atoms. The molecular weight excluding hydrogens is 325 g/mol. The molecule has 0 unspecified atom stereocenters. The molecule has 0 aliphatic carbocycles. The minimum Gasteiger partial charge on any atom is -0.493 e. The Morgan fingerprint density at radius 2 is 1.92 bits per heavy atom. The molecule has 1 aliphatic rings. The second-order valence-electron chi connectivity index (χ2n) is 4.87. The van der Waals surface area contributed by atoms with Gasteiger partial charge in [0.15, 0.2) is 5.57 Å². The normalized spacial score (nSPS) is 12.0. The van der Waals surface area contributed by atoms with Crippen molar-refractivity contribution in [1.82, 2.24) is 0 Å². The molecule has 0 saturated carbocycles. The number of carbonyl (C=O) groups is 2. The highest BCUT2D eigenvalue weighted by Crippen LogP contribution is 2.32. The van der Waals surface area contributed by atoms with Crippen molar-refractivity contribution in [2.45, 2.75) is 6.42 Å². The summed E-state index contributed by atoms with van der Waals surface area (Å²) in [5.74, 6) is -2.81. The second-order valence-corrected chi connectivity index (χ2v) is 4.87. The van der Waals surface area contributed by atoms with Crippen molar-refractivity contribution in [1.29, 1.82) is 0 Å². The van der Waals surface area contributed by atoms with E-state index < -0.39 is 40.4 Å². The summed E-state index contributed by atoms with van der Waals surface area (Å²) in [5.41, 5.74) is -0.733. The third-order valence-electron chi connectivity index (χ3n) is 3.47. The fourth-order valence-corrected chi connectivity index (χ4v) is 2.39. The van der Waals surface area contributed by atoms with E-state index in [0.29, 0.717) is 24.3 Å². The van der Waals surface area contributed by atoms with Crippen LogP contribution in [0.3, 0.4) is 0 Å². The molecule has 0 fully saturated rings. The van der Waals surface area contributed by atoms with Crippen LogP contribution < -0.4 is 4.74 Å². The van der Waals surface area contributed by atoms with Gasteiger partial charge in [-0.15, -0.1) is 0 Å². The van der Waals surface area contributed by atoms with Crippen LogP contribution in [-0.2, 0) is 25.5 Å². The van der Waals surface area contributed by atoms with Crippen molar-refractivity contribution in [3.63, 3.8) is 0 Å². The fourth-order valence-electron chi connectivity index (χ4n) is 2.39. The van der Waals surface area contributed by atoms with E-state index in [2.05, 4.69) is 9.47 Å². The third-order valence-corrected chi connectivity index (χ3v) is 3.47. The number of esters is 2. The molecule has 9 heteroatoms. The molecule has 24 heavy (non-hydrogen) atoms. The zero-order chi connectivity index (χ0) is 17.9. The molecule has 1 heterocycles. The van der Waals surface area contributed by atoms with Crippen molar-refractivity contribution in [2.75, 3.05) is 27.4 Å². The Balaban J connectivity index is 2.72. The highest BCUT2D eigenvalue weighted by Gasteiger charge is 2.31. The Kier molecular flexibility index (Phi) is 5.12. The lowest BCUT2D eigenvalue weighted by molar-refractivity contribution is -0.465. The van der Waals surface area contributed by atoms with Crippen LogP contribution in [0.25, 0.3) is 5.57 Å². The van der Waals surface area contributed by atoms with Gasteiger partial charge in [-0.3, -0.25) is 10.1 Å². The summed E-state index contributed by atoms with van der Waals surface area (Å²) in [6.07, 6.45) is 0.486. The van der Waals surface area contributed by atoms with E-state index in [1.54, 1.807) is 0 Å².